The third kappa shape index (κ3) is 4.46. The number of ether oxygens (including phenoxy) is 1. The van der Waals surface area contributed by atoms with Crippen LogP contribution in [0.3, 0.4) is 0 Å². The normalized spacial score (nSPS) is 16.6. The average molecular weight is 483 g/mol. The monoisotopic (exact) mass is 481 g/mol. The molecule has 0 aromatic heterocycles. The number of rotatable bonds is 6. The predicted molar refractivity (Wildman–Crippen MR) is 119 cm³/mol. The van der Waals surface area contributed by atoms with Crippen molar-refractivity contribution in [1.29, 1.82) is 0 Å². The zero-order valence-electron chi connectivity index (χ0n) is 15.7. The van der Waals surface area contributed by atoms with Crippen molar-refractivity contribution in [1.82, 2.24) is 4.90 Å². The minimum atomic E-state index is -0.642. The first-order chi connectivity index (χ1) is 13.4. The number of hydrogen-bond donors (Lipinski definition) is 0. The van der Waals surface area contributed by atoms with Gasteiger partial charge >= 0.3 is 0 Å². The number of piperidine rings is 1. The minimum absolute atomic E-state index is 0.116. The van der Waals surface area contributed by atoms with Gasteiger partial charge in [-0.3, -0.25) is 9.69 Å². The van der Waals surface area contributed by atoms with Crippen LogP contribution in [0.15, 0.2) is 53.5 Å². The van der Waals surface area contributed by atoms with Crippen LogP contribution in [0.5, 0.6) is 11.5 Å². The lowest BCUT2D eigenvalue weighted by Crippen LogP contribution is -2.46. The number of ketones is 1. The van der Waals surface area contributed by atoms with Crippen molar-refractivity contribution in [3.05, 3.63) is 69.1 Å². The van der Waals surface area contributed by atoms with Crippen LogP contribution >= 0.6 is 39.1 Å². The molecule has 0 aliphatic carbocycles. The lowest BCUT2D eigenvalue weighted by molar-refractivity contribution is -0.124. The van der Waals surface area contributed by atoms with E-state index in [1.165, 1.54) is 0 Å². The molecule has 2 aromatic rings. The molecule has 0 N–H and O–H groups in total. The van der Waals surface area contributed by atoms with Gasteiger partial charge in [-0.2, -0.15) is 0 Å². The number of hydrogen-bond acceptors (Lipinski definition) is 3. The SMILES string of the molecule is C=CCN1CCC(C(C)=O)(c2cc(Cl)c(Cl)cc2Oc2ccc(Br)cc2)CC1. The first-order valence-electron chi connectivity index (χ1n) is 9.13. The summed E-state index contributed by atoms with van der Waals surface area (Å²) < 4.78 is 7.12. The predicted octanol–water partition coefficient (Wildman–Crippen LogP) is 6.66. The van der Waals surface area contributed by atoms with Gasteiger partial charge in [-0.15, -0.1) is 6.58 Å². The first-order valence-corrected chi connectivity index (χ1v) is 10.7. The maximum Gasteiger partial charge on any atom is 0.140 e. The summed E-state index contributed by atoms with van der Waals surface area (Å²) in [6.07, 6.45) is 3.29. The summed E-state index contributed by atoms with van der Waals surface area (Å²) in [6, 6.07) is 11.0. The Balaban J connectivity index is 2.02. The van der Waals surface area contributed by atoms with Crippen molar-refractivity contribution in [3.63, 3.8) is 0 Å². The van der Waals surface area contributed by atoms with Crippen LogP contribution in [0, 0.1) is 0 Å². The second kappa shape index (κ2) is 9.00. The van der Waals surface area contributed by atoms with E-state index in [9.17, 15) is 4.79 Å². The Morgan fingerprint density at radius 2 is 1.82 bits per heavy atom. The first kappa shape index (κ1) is 21.4. The van der Waals surface area contributed by atoms with E-state index in [4.69, 9.17) is 27.9 Å². The minimum Gasteiger partial charge on any atom is -0.457 e. The van der Waals surface area contributed by atoms with Crippen LogP contribution in [-0.4, -0.2) is 30.3 Å². The Labute approximate surface area is 184 Å². The average Bonchev–Trinajstić information content (AvgIpc) is 2.67. The standard InChI is InChI=1S/C22H22BrCl2NO2/c1-3-10-26-11-8-22(9-12-26,15(2)27)18-13-19(24)20(25)14-21(18)28-17-6-4-16(23)5-7-17/h3-7,13-14H,1,8-12H2,2H3. The molecule has 0 saturated carbocycles. The van der Waals surface area contributed by atoms with Crippen LogP contribution < -0.4 is 4.74 Å². The molecule has 0 atom stereocenters. The van der Waals surface area contributed by atoms with Crippen molar-refractivity contribution in [2.45, 2.75) is 25.2 Å². The molecule has 0 amide bonds. The number of Topliss-reactive ketones (excluding diaryl/α,β-unsaturated/α-hetero) is 1. The van der Waals surface area contributed by atoms with E-state index in [1.807, 2.05) is 30.3 Å². The number of likely N-dealkylation sites (tertiary alicyclic amines) is 1. The largest absolute Gasteiger partial charge is 0.457 e. The summed E-state index contributed by atoms with van der Waals surface area (Å²) in [7, 11) is 0. The van der Waals surface area contributed by atoms with Crippen molar-refractivity contribution in [3.8, 4) is 11.5 Å². The van der Waals surface area contributed by atoms with Crippen LogP contribution in [0.4, 0.5) is 0 Å². The van der Waals surface area contributed by atoms with Gasteiger partial charge in [0.15, 0.2) is 0 Å². The molecule has 6 heteroatoms. The number of carbonyl (C=O) groups is 1. The molecular weight excluding hydrogens is 461 g/mol. The summed E-state index contributed by atoms with van der Waals surface area (Å²) in [4.78, 5) is 15.1. The zero-order chi connectivity index (χ0) is 20.3. The van der Waals surface area contributed by atoms with Gasteiger partial charge in [-0.1, -0.05) is 45.2 Å². The Morgan fingerprint density at radius 3 is 2.39 bits per heavy atom. The highest BCUT2D eigenvalue weighted by atomic mass is 79.9. The molecule has 1 aliphatic heterocycles. The van der Waals surface area contributed by atoms with Gasteiger partial charge in [-0.25, -0.2) is 0 Å². The van der Waals surface area contributed by atoms with Gasteiger partial charge in [0.2, 0.25) is 0 Å². The smallest absolute Gasteiger partial charge is 0.140 e. The number of halogens is 3. The molecule has 148 valence electrons. The fourth-order valence-corrected chi connectivity index (χ4v) is 4.31. The van der Waals surface area contributed by atoms with Gasteiger partial charge in [0.25, 0.3) is 0 Å². The molecule has 3 rings (SSSR count). The summed E-state index contributed by atoms with van der Waals surface area (Å²) in [6.45, 7) is 7.89. The summed E-state index contributed by atoms with van der Waals surface area (Å²) in [5.41, 5.74) is 0.159. The Kier molecular flexibility index (Phi) is 6.87. The quantitative estimate of drug-likeness (QED) is 0.431. The Bertz CT molecular complexity index is 875. The van der Waals surface area contributed by atoms with Crippen molar-refractivity contribution >= 4 is 44.9 Å². The van der Waals surface area contributed by atoms with E-state index >= 15 is 0 Å². The van der Waals surface area contributed by atoms with Crippen LogP contribution in [0.1, 0.15) is 25.3 Å². The second-order valence-electron chi connectivity index (χ2n) is 7.05. The highest BCUT2D eigenvalue weighted by Gasteiger charge is 2.42. The fourth-order valence-electron chi connectivity index (χ4n) is 3.73. The summed E-state index contributed by atoms with van der Waals surface area (Å²) in [5, 5.41) is 0.828. The number of carbonyl (C=O) groups excluding carboxylic acids is 1. The third-order valence-corrected chi connectivity index (χ3v) is 6.60. The van der Waals surface area contributed by atoms with Gasteiger partial charge in [-0.05, 0) is 63.2 Å². The molecule has 0 spiro atoms. The fraction of sp³-hybridized carbons (Fsp3) is 0.318. The Morgan fingerprint density at radius 1 is 1.21 bits per heavy atom. The van der Waals surface area contributed by atoms with E-state index in [0.717, 1.165) is 29.7 Å². The maximum atomic E-state index is 12.9. The lowest BCUT2D eigenvalue weighted by Gasteiger charge is -2.41. The molecule has 1 saturated heterocycles. The van der Waals surface area contributed by atoms with E-state index < -0.39 is 5.41 Å². The molecule has 0 radical (unpaired) electrons. The second-order valence-corrected chi connectivity index (χ2v) is 8.78. The van der Waals surface area contributed by atoms with Gasteiger partial charge in [0, 0.05) is 22.6 Å². The molecule has 28 heavy (non-hydrogen) atoms. The van der Waals surface area contributed by atoms with Crippen molar-refractivity contribution in [2.75, 3.05) is 19.6 Å². The van der Waals surface area contributed by atoms with E-state index in [2.05, 4.69) is 27.4 Å². The van der Waals surface area contributed by atoms with Gasteiger partial charge in [0.05, 0.1) is 15.5 Å². The molecule has 2 aromatic carbocycles. The summed E-state index contributed by atoms with van der Waals surface area (Å²) in [5.74, 6) is 1.36. The van der Waals surface area contributed by atoms with E-state index in [0.29, 0.717) is 34.4 Å². The maximum absolute atomic E-state index is 12.9. The van der Waals surface area contributed by atoms with Crippen LogP contribution in [0.25, 0.3) is 0 Å². The summed E-state index contributed by atoms with van der Waals surface area (Å²) >= 11 is 16.1. The van der Waals surface area contributed by atoms with Gasteiger partial charge < -0.3 is 4.74 Å². The highest BCUT2D eigenvalue weighted by molar-refractivity contribution is 9.10. The highest BCUT2D eigenvalue weighted by Crippen LogP contribution is 2.45. The van der Waals surface area contributed by atoms with Crippen LogP contribution in [-0.2, 0) is 10.2 Å². The van der Waals surface area contributed by atoms with E-state index in [-0.39, 0.29) is 5.78 Å². The molecule has 3 nitrogen and oxygen atoms in total. The van der Waals surface area contributed by atoms with Crippen molar-refractivity contribution in [2.24, 2.45) is 0 Å². The molecule has 0 bridgehead atoms. The number of nitrogens with zero attached hydrogens (tertiary/aromatic N) is 1. The van der Waals surface area contributed by atoms with Crippen molar-refractivity contribution < 1.29 is 9.53 Å². The molecular formula is C22H22BrCl2NO2. The topological polar surface area (TPSA) is 29.5 Å². The van der Waals surface area contributed by atoms with Gasteiger partial charge in [0.1, 0.15) is 17.3 Å². The molecule has 1 fully saturated rings. The zero-order valence-corrected chi connectivity index (χ0v) is 18.8. The molecule has 1 aliphatic rings. The Hall–Kier alpha value is -1.33. The molecule has 0 unspecified atom stereocenters. The third-order valence-electron chi connectivity index (χ3n) is 5.35. The molecule has 1 heterocycles. The van der Waals surface area contributed by atoms with Crippen LogP contribution in [0.2, 0.25) is 10.0 Å². The van der Waals surface area contributed by atoms with E-state index in [1.54, 1.807) is 19.1 Å². The lowest BCUT2D eigenvalue weighted by atomic mass is 9.69. The number of benzene rings is 2.